The number of phenolic OH excluding ortho intramolecular Hbond substituents is 1. The zero-order chi connectivity index (χ0) is 37.5. The first-order valence-electron chi connectivity index (χ1n) is 13.1. The summed E-state index contributed by atoms with van der Waals surface area (Å²) in [6, 6.07) is 23.9. The molecule has 13 heteroatoms. The Hall–Kier alpha value is -7.38. The second-order valence-electron chi connectivity index (χ2n) is 7.98. The van der Waals surface area contributed by atoms with Crippen molar-refractivity contribution in [3.05, 3.63) is 144 Å². The molecule has 3 rings (SSSR count). The smallest absolute Gasteiger partial charge is 0.335 e. The summed E-state index contributed by atoms with van der Waals surface area (Å²) < 4.78 is 9.66. The zero-order valence-corrected chi connectivity index (χ0v) is 26.4. The van der Waals surface area contributed by atoms with Crippen LogP contribution in [0.15, 0.2) is 116 Å². The fraction of sp³-hybridized carbons (Fsp3) is 0.0278. The first-order valence-corrected chi connectivity index (χ1v) is 13.5. The Morgan fingerprint density at radius 2 is 1.10 bits per heavy atom. The lowest BCUT2D eigenvalue weighted by molar-refractivity contribution is -0.129. The van der Waals surface area contributed by atoms with Crippen LogP contribution in [-0.4, -0.2) is 41.4 Å². The van der Waals surface area contributed by atoms with E-state index in [-0.39, 0.29) is 17.9 Å². The molecule has 0 bridgehead atoms. The van der Waals surface area contributed by atoms with E-state index in [0.29, 0.717) is 28.2 Å². The van der Waals surface area contributed by atoms with Crippen molar-refractivity contribution in [2.24, 2.45) is 0 Å². The fourth-order valence-electron chi connectivity index (χ4n) is 2.41. The van der Waals surface area contributed by atoms with E-state index < -0.39 is 17.2 Å². The highest BCUT2D eigenvalue weighted by Gasteiger charge is 2.00. The summed E-state index contributed by atoms with van der Waals surface area (Å²) in [7, 11) is 0. The second-order valence-corrected chi connectivity index (χ2v) is 8.35. The van der Waals surface area contributed by atoms with Gasteiger partial charge < -0.3 is 19.4 Å². The van der Waals surface area contributed by atoms with Crippen LogP contribution in [0.25, 0.3) is 10.9 Å². The number of rotatable bonds is 8. The number of carbonyl (C=O) groups is 5. The lowest BCUT2D eigenvalue weighted by Gasteiger charge is -2.00. The van der Waals surface area contributed by atoms with E-state index in [0.717, 1.165) is 30.8 Å². The monoisotopic (exact) mass is 678 g/mol. The van der Waals surface area contributed by atoms with E-state index in [4.69, 9.17) is 48.5 Å². The van der Waals surface area contributed by atoms with Crippen LogP contribution in [0.2, 0.25) is 0 Å². The predicted octanol–water partition coefficient (Wildman–Crippen LogP) is 6.37. The maximum atomic E-state index is 10.9. The third-order valence-corrected chi connectivity index (χ3v) is 4.71. The lowest BCUT2D eigenvalue weighted by Crippen LogP contribution is -2.02. The Morgan fingerprint density at radius 3 is 1.37 bits per heavy atom. The Balaban J connectivity index is 0. The average Bonchev–Trinajstić information content (AvgIpc) is 3.13. The number of benzene rings is 3. The molecule has 3 aromatic carbocycles. The van der Waals surface area contributed by atoms with Gasteiger partial charge in [-0.3, -0.25) is 14.4 Å². The van der Waals surface area contributed by atoms with Crippen molar-refractivity contribution in [1.82, 2.24) is 0 Å². The van der Waals surface area contributed by atoms with Crippen molar-refractivity contribution in [3.63, 3.8) is 0 Å². The normalized spacial score (nSPS) is 8.02. The number of hydrogen-bond donors (Lipinski definition) is 1. The van der Waals surface area contributed by atoms with Gasteiger partial charge in [0.15, 0.2) is 0 Å². The van der Waals surface area contributed by atoms with Crippen LogP contribution in [0.1, 0.15) is 26.3 Å². The molecule has 0 spiro atoms. The fourth-order valence-corrected chi connectivity index (χ4v) is 2.41. The molecule has 1 N–H and O–H groups in total. The van der Waals surface area contributed by atoms with Gasteiger partial charge in [0.1, 0.15) is 53.6 Å². The number of nitriles is 3. The molecule has 0 radical (unpaired) electrons. The number of halogens is 1. The Bertz CT molecular complexity index is 1740. The SMILES string of the molecule is C=CC(=O)Cl.C=CC(=O)Oc1ccc(C=C(C#N)C#N)cc1.C=CC(=O)Oc1ccc(C=O)cc1.O=Cc1ccc(O)cc1.[C-]#[N+]CC#N. The van der Waals surface area contributed by atoms with Crippen LogP contribution in [0.3, 0.4) is 0 Å². The highest BCUT2D eigenvalue weighted by molar-refractivity contribution is 6.66. The van der Waals surface area contributed by atoms with Gasteiger partial charge in [-0.1, -0.05) is 31.9 Å². The van der Waals surface area contributed by atoms with Gasteiger partial charge in [-0.25, -0.2) is 16.2 Å². The van der Waals surface area contributed by atoms with Gasteiger partial charge in [0, 0.05) is 23.3 Å². The number of nitrogens with zero attached hydrogens (tertiary/aromatic N) is 4. The first kappa shape index (κ1) is 43.7. The molecule has 0 fully saturated rings. The molecule has 0 heterocycles. The molecule has 0 aliphatic rings. The van der Waals surface area contributed by atoms with Crippen molar-refractivity contribution in [3.8, 4) is 35.5 Å². The maximum absolute atomic E-state index is 10.9. The predicted molar refractivity (Wildman–Crippen MR) is 181 cm³/mol. The van der Waals surface area contributed by atoms with Gasteiger partial charge in [-0.15, -0.1) is 0 Å². The summed E-state index contributed by atoms with van der Waals surface area (Å²) in [5, 5.41) is 33.0. The van der Waals surface area contributed by atoms with Crippen molar-refractivity contribution in [1.29, 1.82) is 15.8 Å². The molecular weight excluding hydrogens is 652 g/mol. The van der Waals surface area contributed by atoms with E-state index in [9.17, 15) is 24.0 Å². The van der Waals surface area contributed by atoms with Gasteiger partial charge in [0.25, 0.3) is 6.54 Å². The minimum absolute atomic E-state index is 0.0139. The minimum Gasteiger partial charge on any atom is -0.508 e. The minimum atomic E-state index is -0.539. The van der Waals surface area contributed by atoms with Crippen LogP contribution in [0.4, 0.5) is 0 Å². The van der Waals surface area contributed by atoms with Crippen molar-refractivity contribution in [2.45, 2.75) is 0 Å². The van der Waals surface area contributed by atoms with E-state index in [2.05, 4.69) is 24.6 Å². The number of aromatic hydroxyl groups is 1. The van der Waals surface area contributed by atoms with Gasteiger partial charge >= 0.3 is 11.9 Å². The van der Waals surface area contributed by atoms with Crippen molar-refractivity contribution >= 4 is 47.4 Å². The number of hydrogen-bond acceptors (Lipinski definition) is 11. The van der Waals surface area contributed by atoms with Crippen LogP contribution in [-0.2, 0) is 14.4 Å². The highest BCUT2D eigenvalue weighted by atomic mass is 35.5. The molecule has 49 heavy (non-hydrogen) atoms. The quantitative estimate of drug-likeness (QED) is 0.0405. The topological polar surface area (TPSA) is 200 Å². The van der Waals surface area contributed by atoms with E-state index >= 15 is 0 Å². The maximum Gasteiger partial charge on any atom is 0.335 e. The number of ether oxygens (including phenoxy) is 2. The third kappa shape index (κ3) is 23.6. The molecule has 0 aromatic heterocycles. The summed E-state index contributed by atoms with van der Waals surface area (Å²) in [4.78, 5) is 54.1. The van der Waals surface area contributed by atoms with E-state index in [1.165, 1.54) is 18.2 Å². The van der Waals surface area contributed by atoms with Gasteiger partial charge in [0.2, 0.25) is 5.24 Å². The third-order valence-electron chi connectivity index (χ3n) is 4.56. The van der Waals surface area contributed by atoms with Gasteiger partial charge in [-0.2, -0.15) is 15.8 Å². The molecule has 3 aromatic rings. The number of esters is 2. The van der Waals surface area contributed by atoms with Crippen molar-refractivity contribution < 1.29 is 38.6 Å². The second kappa shape index (κ2) is 28.1. The van der Waals surface area contributed by atoms with Crippen LogP contribution in [0.5, 0.6) is 17.2 Å². The van der Waals surface area contributed by atoms with Gasteiger partial charge in [-0.05, 0) is 90.0 Å². The number of phenols is 1. The first-order chi connectivity index (χ1) is 23.5. The summed E-state index contributed by atoms with van der Waals surface area (Å²) in [5.74, 6) is -0.0968. The number of carbonyl (C=O) groups excluding carboxylic acids is 5. The standard InChI is InChI=1S/C13H8N2O2.C10H8O3.C7H6O2.C3H3ClO.C3H2N2/c1-2-13(16)17-12-5-3-10(4-6-12)7-11(8-14)9-15;1-2-10(12)13-9-5-3-8(7-11)4-6-9;8-5-6-1-3-7(9)4-2-6;1-2-3(4)5;1-5-3-2-4/h2-7H,1H2;2-7H,1H2;1-5,9H;2H,1H2;3H2. The summed E-state index contributed by atoms with van der Waals surface area (Å²) in [6.07, 6.45) is 6.09. The van der Waals surface area contributed by atoms with Gasteiger partial charge in [0.05, 0.1) is 0 Å². The molecule has 0 amide bonds. The Labute approximate surface area is 287 Å². The van der Waals surface area contributed by atoms with E-state index in [1.807, 2.05) is 0 Å². The van der Waals surface area contributed by atoms with E-state index in [1.54, 1.807) is 78.9 Å². The molecule has 0 saturated heterocycles. The summed E-state index contributed by atoms with van der Waals surface area (Å²) in [6.45, 7) is 15.6. The molecule has 0 atom stereocenters. The zero-order valence-electron chi connectivity index (χ0n) is 25.7. The molecule has 0 aliphatic heterocycles. The molecule has 0 saturated carbocycles. The molecule has 0 unspecified atom stereocenters. The number of aldehydes is 2. The number of allylic oxidation sites excluding steroid dienone is 2. The van der Waals surface area contributed by atoms with Crippen LogP contribution < -0.4 is 9.47 Å². The average molecular weight is 679 g/mol. The summed E-state index contributed by atoms with van der Waals surface area (Å²) >= 11 is 4.71. The largest absolute Gasteiger partial charge is 0.508 e. The molecule has 12 nitrogen and oxygen atoms in total. The van der Waals surface area contributed by atoms with Crippen molar-refractivity contribution in [2.75, 3.05) is 6.54 Å². The molecule has 0 aliphatic carbocycles. The van der Waals surface area contributed by atoms with Crippen LogP contribution >= 0.6 is 11.6 Å². The Morgan fingerprint density at radius 1 is 0.735 bits per heavy atom. The summed E-state index contributed by atoms with van der Waals surface area (Å²) in [5.41, 5.74) is 1.81. The molecular formula is C36H27ClN4O8. The lowest BCUT2D eigenvalue weighted by atomic mass is 10.1. The van der Waals surface area contributed by atoms with Crippen LogP contribution in [0, 0.1) is 40.6 Å². The Kier molecular flexibility index (Phi) is 25.1. The highest BCUT2D eigenvalue weighted by Crippen LogP contribution is 2.15. The molecule has 246 valence electrons.